The van der Waals surface area contributed by atoms with Crippen LogP contribution < -0.4 is 4.74 Å². The van der Waals surface area contributed by atoms with E-state index in [0.29, 0.717) is 35.0 Å². The van der Waals surface area contributed by atoms with E-state index < -0.39 is 17.7 Å². The number of benzene rings is 2. The highest BCUT2D eigenvalue weighted by molar-refractivity contribution is 6.46. The van der Waals surface area contributed by atoms with Crippen LogP contribution in [0, 0.1) is 6.92 Å². The molecular weight excluding hydrogens is 404 g/mol. The molecule has 1 saturated heterocycles. The van der Waals surface area contributed by atoms with Crippen LogP contribution in [0.3, 0.4) is 0 Å². The van der Waals surface area contributed by atoms with E-state index in [0.717, 1.165) is 5.56 Å². The molecule has 0 bridgehead atoms. The van der Waals surface area contributed by atoms with Crippen molar-refractivity contribution in [2.75, 3.05) is 34.3 Å². The fourth-order valence-electron chi connectivity index (χ4n) is 3.56. The first-order chi connectivity index (χ1) is 14.2. The number of ether oxygens (including phenoxy) is 1. The summed E-state index contributed by atoms with van der Waals surface area (Å²) in [4.78, 5) is 29.3. The molecule has 1 heterocycles. The standard InChI is InChI=1S/C23H25ClN2O4/c1-14-5-10-18(30-4)17(13-14)21(27)19-20(15-6-8-16(24)9-7-15)26(12-11-25(2)3)23(29)22(19)28/h5-10,13,20,27H,11-12H2,1-4H3/b21-19+. The molecule has 6 nitrogen and oxygen atoms in total. The first-order valence-corrected chi connectivity index (χ1v) is 9.96. The Hall–Kier alpha value is -2.83. The number of carbonyl (C=O) groups excluding carboxylic acids is 2. The van der Waals surface area contributed by atoms with Gasteiger partial charge in [0.05, 0.1) is 24.3 Å². The lowest BCUT2D eigenvalue weighted by Gasteiger charge is -2.26. The lowest BCUT2D eigenvalue weighted by Crippen LogP contribution is -2.35. The molecule has 1 amide bonds. The first-order valence-electron chi connectivity index (χ1n) is 9.58. The molecule has 1 aliphatic heterocycles. The smallest absolute Gasteiger partial charge is 0.295 e. The van der Waals surface area contributed by atoms with E-state index >= 15 is 0 Å². The quantitative estimate of drug-likeness (QED) is 0.432. The first kappa shape index (κ1) is 21.9. The molecule has 1 fully saturated rings. The molecule has 1 atom stereocenters. The molecule has 2 aromatic carbocycles. The van der Waals surface area contributed by atoms with E-state index in [1.165, 1.54) is 12.0 Å². The summed E-state index contributed by atoms with van der Waals surface area (Å²) in [5, 5.41) is 11.7. The minimum absolute atomic E-state index is 0.0463. The molecule has 0 radical (unpaired) electrons. The summed E-state index contributed by atoms with van der Waals surface area (Å²) in [6.45, 7) is 2.79. The molecule has 7 heteroatoms. The van der Waals surface area contributed by atoms with Crippen LogP contribution in [0.25, 0.3) is 5.76 Å². The molecule has 30 heavy (non-hydrogen) atoms. The van der Waals surface area contributed by atoms with Crippen molar-refractivity contribution in [3.8, 4) is 5.75 Å². The molecule has 3 rings (SSSR count). The summed E-state index contributed by atoms with van der Waals surface area (Å²) in [5.74, 6) is -1.17. The van der Waals surface area contributed by atoms with Crippen LogP contribution >= 0.6 is 11.6 Å². The van der Waals surface area contributed by atoms with Gasteiger partial charge < -0.3 is 19.6 Å². The van der Waals surface area contributed by atoms with Crippen LogP contribution in [-0.2, 0) is 9.59 Å². The fourth-order valence-corrected chi connectivity index (χ4v) is 3.69. The van der Waals surface area contributed by atoms with Gasteiger partial charge in [-0.05, 0) is 50.8 Å². The number of carbonyl (C=O) groups is 2. The average Bonchev–Trinajstić information content (AvgIpc) is 2.97. The van der Waals surface area contributed by atoms with Crippen molar-refractivity contribution >= 4 is 29.1 Å². The minimum Gasteiger partial charge on any atom is -0.507 e. The highest BCUT2D eigenvalue weighted by atomic mass is 35.5. The summed E-state index contributed by atoms with van der Waals surface area (Å²) in [5.41, 5.74) is 2.01. The maximum absolute atomic E-state index is 13.0. The largest absolute Gasteiger partial charge is 0.507 e. The van der Waals surface area contributed by atoms with Gasteiger partial charge in [-0.3, -0.25) is 9.59 Å². The highest BCUT2D eigenvalue weighted by Gasteiger charge is 2.46. The molecule has 0 aliphatic carbocycles. The Bertz CT molecular complexity index is 999. The molecule has 1 aliphatic rings. The minimum atomic E-state index is -0.715. The number of rotatable bonds is 6. The molecular formula is C23H25ClN2O4. The number of halogens is 1. The van der Waals surface area contributed by atoms with Crippen molar-refractivity contribution in [3.63, 3.8) is 0 Å². The Balaban J connectivity index is 2.20. The van der Waals surface area contributed by atoms with Gasteiger partial charge in [-0.15, -0.1) is 0 Å². The molecule has 0 aromatic heterocycles. The summed E-state index contributed by atoms with van der Waals surface area (Å²) < 4.78 is 5.38. The Morgan fingerprint density at radius 3 is 2.43 bits per heavy atom. The highest BCUT2D eigenvalue weighted by Crippen LogP contribution is 2.41. The number of aliphatic hydroxyl groups excluding tert-OH is 1. The second-order valence-electron chi connectivity index (χ2n) is 7.55. The number of hydrogen-bond acceptors (Lipinski definition) is 5. The Labute approximate surface area is 181 Å². The van der Waals surface area contributed by atoms with Crippen molar-refractivity contribution in [2.24, 2.45) is 0 Å². The van der Waals surface area contributed by atoms with Gasteiger partial charge in [-0.2, -0.15) is 0 Å². The summed E-state index contributed by atoms with van der Waals surface area (Å²) >= 11 is 6.03. The van der Waals surface area contributed by atoms with Crippen LogP contribution in [0.15, 0.2) is 48.0 Å². The second kappa shape index (κ2) is 8.90. The van der Waals surface area contributed by atoms with Gasteiger partial charge in [-0.1, -0.05) is 35.4 Å². The van der Waals surface area contributed by atoms with Gasteiger partial charge in [0.25, 0.3) is 11.7 Å². The number of likely N-dealkylation sites (tertiary alicyclic amines) is 1. The van der Waals surface area contributed by atoms with Crippen molar-refractivity contribution in [1.29, 1.82) is 0 Å². The lowest BCUT2D eigenvalue weighted by molar-refractivity contribution is -0.140. The monoisotopic (exact) mass is 428 g/mol. The summed E-state index contributed by atoms with van der Waals surface area (Å²) in [7, 11) is 5.28. The van der Waals surface area contributed by atoms with Crippen molar-refractivity contribution in [2.45, 2.75) is 13.0 Å². The van der Waals surface area contributed by atoms with Gasteiger partial charge in [0.2, 0.25) is 0 Å². The van der Waals surface area contributed by atoms with Gasteiger partial charge in [0, 0.05) is 18.1 Å². The average molecular weight is 429 g/mol. The lowest BCUT2D eigenvalue weighted by atomic mass is 9.94. The Morgan fingerprint density at radius 2 is 1.83 bits per heavy atom. The van der Waals surface area contributed by atoms with Crippen LogP contribution in [0.1, 0.15) is 22.7 Å². The van der Waals surface area contributed by atoms with E-state index in [9.17, 15) is 14.7 Å². The topological polar surface area (TPSA) is 70.1 Å². The summed E-state index contributed by atoms with van der Waals surface area (Å²) in [6, 6.07) is 11.5. The van der Waals surface area contributed by atoms with E-state index in [1.807, 2.05) is 32.0 Å². The maximum Gasteiger partial charge on any atom is 0.295 e. The molecule has 158 valence electrons. The van der Waals surface area contributed by atoms with Crippen LogP contribution in [-0.4, -0.2) is 60.9 Å². The zero-order chi connectivity index (χ0) is 22.0. The van der Waals surface area contributed by atoms with Crippen LogP contribution in [0.5, 0.6) is 5.75 Å². The van der Waals surface area contributed by atoms with E-state index in [-0.39, 0.29) is 11.3 Å². The zero-order valence-corrected chi connectivity index (χ0v) is 18.2. The molecule has 0 spiro atoms. The fraction of sp³-hybridized carbons (Fsp3) is 0.304. The maximum atomic E-state index is 13.0. The van der Waals surface area contributed by atoms with Crippen molar-refractivity contribution in [3.05, 3.63) is 69.8 Å². The van der Waals surface area contributed by atoms with Gasteiger partial charge >= 0.3 is 0 Å². The van der Waals surface area contributed by atoms with Crippen molar-refractivity contribution in [1.82, 2.24) is 9.80 Å². The number of hydrogen-bond donors (Lipinski definition) is 1. The molecule has 1 N–H and O–H groups in total. The molecule has 0 saturated carbocycles. The number of likely N-dealkylation sites (N-methyl/N-ethyl adjacent to an activating group) is 1. The third-order valence-corrected chi connectivity index (χ3v) is 5.38. The number of Topliss-reactive ketones (excluding diaryl/α,β-unsaturated/α-hetero) is 1. The summed E-state index contributed by atoms with van der Waals surface area (Å²) in [6.07, 6.45) is 0. The predicted octanol–water partition coefficient (Wildman–Crippen LogP) is 3.64. The predicted molar refractivity (Wildman–Crippen MR) is 117 cm³/mol. The Morgan fingerprint density at radius 1 is 1.17 bits per heavy atom. The molecule has 2 aromatic rings. The van der Waals surface area contributed by atoms with E-state index in [2.05, 4.69) is 0 Å². The van der Waals surface area contributed by atoms with Crippen LogP contribution in [0.4, 0.5) is 0 Å². The Kier molecular flexibility index (Phi) is 6.48. The van der Waals surface area contributed by atoms with E-state index in [1.54, 1.807) is 36.4 Å². The van der Waals surface area contributed by atoms with Gasteiger partial charge in [0.1, 0.15) is 11.5 Å². The van der Waals surface area contributed by atoms with Gasteiger partial charge in [0.15, 0.2) is 0 Å². The number of nitrogens with zero attached hydrogens (tertiary/aromatic N) is 2. The third kappa shape index (κ3) is 4.20. The zero-order valence-electron chi connectivity index (χ0n) is 17.5. The van der Waals surface area contributed by atoms with Crippen molar-refractivity contribution < 1.29 is 19.4 Å². The third-order valence-electron chi connectivity index (χ3n) is 5.12. The SMILES string of the molecule is COc1ccc(C)cc1/C(O)=C1\C(=O)C(=O)N(CCN(C)C)C1c1ccc(Cl)cc1. The number of ketones is 1. The second-order valence-corrected chi connectivity index (χ2v) is 7.99. The van der Waals surface area contributed by atoms with E-state index in [4.69, 9.17) is 16.3 Å². The van der Waals surface area contributed by atoms with Crippen LogP contribution in [0.2, 0.25) is 5.02 Å². The number of amides is 1. The van der Waals surface area contributed by atoms with Gasteiger partial charge in [-0.25, -0.2) is 0 Å². The normalized spacial score (nSPS) is 18.3. The number of aliphatic hydroxyl groups is 1. The number of aryl methyl sites for hydroxylation is 1. The number of methoxy groups -OCH3 is 1. The molecule has 1 unspecified atom stereocenters.